The van der Waals surface area contributed by atoms with Crippen LogP contribution >= 0.6 is 0 Å². The summed E-state index contributed by atoms with van der Waals surface area (Å²) in [6.45, 7) is 1.09. The Kier molecular flexibility index (Phi) is 4.63. The molecule has 0 saturated carbocycles. The van der Waals surface area contributed by atoms with E-state index in [0.717, 1.165) is 0 Å². The van der Waals surface area contributed by atoms with E-state index in [9.17, 15) is 14.3 Å². The molecular formula is C18H18FN3O2. The number of H-pyrrole nitrogens is 1. The number of aliphatic hydroxyl groups is 1. The minimum atomic E-state index is -0.654. The Morgan fingerprint density at radius 2 is 2.00 bits per heavy atom. The molecule has 0 bridgehead atoms. The summed E-state index contributed by atoms with van der Waals surface area (Å²) in [6, 6.07) is 9.41. The third kappa shape index (κ3) is 3.31. The van der Waals surface area contributed by atoms with Crippen LogP contribution in [0.2, 0.25) is 0 Å². The molecule has 1 aromatic heterocycles. The molecule has 0 aliphatic carbocycles. The summed E-state index contributed by atoms with van der Waals surface area (Å²) < 4.78 is 13.0. The van der Waals surface area contributed by atoms with Gasteiger partial charge < -0.3 is 15.0 Å². The number of amides is 1. The predicted octanol–water partition coefficient (Wildman–Crippen LogP) is 2.61. The molecule has 1 fully saturated rings. The van der Waals surface area contributed by atoms with E-state index in [4.69, 9.17) is 5.26 Å². The molecule has 2 N–H and O–H groups in total. The average molecular weight is 327 g/mol. The van der Waals surface area contributed by atoms with Crippen molar-refractivity contribution < 1.29 is 14.3 Å². The summed E-state index contributed by atoms with van der Waals surface area (Å²) in [6.07, 6.45) is 2.21. The maximum absolute atomic E-state index is 13.0. The molecule has 1 saturated heterocycles. The van der Waals surface area contributed by atoms with Gasteiger partial charge in [-0.15, -0.1) is 0 Å². The number of hydrogen-bond acceptors (Lipinski definition) is 3. The minimum Gasteiger partial charge on any atom is -0.388 e. The first kappa shape index (κ1) is 16.2. The maximum Gasteiger partial charge on any atom is 0.270 e. The number of nitriles is 1. The van der Waals surface area contributed by atoms with Crippen LogP contribution in [-0.2, 0) is 0 Å². The van der Waals surface area contributed by atoms with Crippen molar-refractivity contribution in [3.8, 4) is 6.07 Å². The highest BCUT2D eigenvalue weighted by molar-refractivity contribution is 5.92. The molecule has 0 radical (unpaired) electrons. The molecule has 3 rings (SSSR count). The number of hydrogen-bond donors (Lipinski definition) is 2. The molecule has 5 nitrogen and oxygen atoms in total. The zero-order chi connectivity index (χ0) is 17.1. The predicted molar refractivity (Wildman–Crippen MR) is 85.5 cm³/mol. The fourth-order valence-corrected chi connectivity index (χ4v) is 3.10. The monoisotopic (exact) mass is 327 g/mol. The summed E-state index contributed by atoms with van der Waals surface area (Å²) in [5, 5.41) is 19.3. The summed E-state index contributed by atoms with van der Waals surface area (Å²) in [5.74, 6) is -0.418. The number of halogens is 1. The lowest BCUT2D eigenvalue weighted by Crippen LogP contribution is -2.39. The molecule has 124 valence electrons. The Bertz CT molecular complexity index is 755. The number of likely N-dealkylation sites (tertiary alicyclic amines) is 1. The van der Waals surface area contributed by atoms with Gasteiger partial charge in [-0.2, -0.15) is 5.26 Å². The van der Waals surface area contributed by atoms with Crippen molar-refractivity contribution in [2.45, 2.75) is 18.9 Å². The van der Waals surface area contributed by atoms with E-state index in [0.29, 0.717) is 42.8 Å². The fraction of sp³-hybridized carbons (Fsp3) is 0.333. The Balaban J connectivity index is 1.60. The Morgan fingerprint density at radius 3 is 2.58 bits per heavy atom. The Morgan fingerprint density at radius 1 is 1.33 bits per heavy atom. The number of benzene rings is 1. The normalized spacial score (nSPS) is 16.6. The first-order chi connectivity index (χ1) is 11.6. The molecule has 1 aromatic carbocycles. The zero-order valence-electron chi connectivity index (χ0n) is 13.1. The number of nitrogens with zero attached hydrogens (tertiary/aromatic N) is 2. The third-order valence-corrected chi connectivity index (χ3v) is 4.53. The molecule has 24 heavy (non-hydrogen) atoms. The second-order valence-electron chi connectivity index (χ2n) is 6.04. The van der Waals surface area contributed by atoms with Gasteiger partial charge in [0, 0.05) is 19.3 Å². The van der Waals surface area contributed by atoms with E-state index in [1.807, 2.05) is 6.07 Å². The van der Waals surface area contributed by atoms with Crippen molar-refractivity contribution in [2.24, 2.45) is 5.92 Å². The van der Waals surface area contributed by atoms with Gasteiger partial charge >= 0.3 is 0 Å². The van der Waals surface area contributed by atoms with E-state index in [1.165, 1.54) is 18.3 Å². The van der Waals surface area contributed by atoms with Crippen molar-refractivity contribution >= 4 is 5.91 Å². The SMILES string of the molecule is N#Cc1c[nH]c(C(=O)N2CCC(C(O)c3ccc(F)cc3)CC2)c1. The molecule has 1 aliphatic rings. The lowest BCUT2D eigenvalue weighted by molar-refractivity contribution is 0.0459. The van der Waals surface area contributed by atoms with Gasteiger partial charge in [0.25, 0.3) is 5.91 Å². The highest BCUT2D eigenvalue weighted by Gasteiger charge is 2.29. The van der Waals surface area contributed by atoms with Crippen LogP contribution < -0.4 is 0 Å². The molecule has 6 heteroatoms. The third-order valence-electron chi connectivity index (χ3n) is 4.53. The van der Waals surface area contributed by atoms with E-state index < -0.39 is 6.10 Å². The van der Waals surface area contributed by atoms with E-state index in [2.05, 4.69) is 4.98 Å². The highest BCUT2D eigenvalue weighted by atomic mass is 19.1. The molecule has 2 heterocycles. The number of nitrogens with one attached hydrogen (secondary N) is 1. The lowest BCUT2D eigenvalue weighted by atomic mass is 9.87. The van der Waals surface area contributed by atoms with Crippen LogP contribution in [-0.4, -0.2) is 34.0 Å². The molecule has 1 unspecified atom stereocenters. The highest BCUT2D eigenvalue weighted by Crippen LogP contribution is 2.31. The second-order valence-corrected chi connectivity index (χ2v) is 6.04. The van der Waals surface area contributed by atoms with Gasteiger partial charge in [0.1, 0.15) is 17.6 Å². The smallest absolute Gasteiger partial charge is 0.270 e. The number of carbonyl (C=O) groups excluding carboxylic acids is 1. The Labute approximate surface area is 139 Å². The number of aromatic nitrogens is 1. The summed E-state index contributed by atoms with van der Waals surface area (Å²) >= 11 is 0. The van der Waals surface area contributed by atoms with Crippen molar-refractivity contribution in [3.63, 3.8) is 0 Å². The first-order valence-corrected chi connectivity index (χ1v) is 7.90. The van der Waals surface area contributed by atoms with Gasteiger partial charge in [0.05, 0.1) is 11.7 Å². The molecule has 1 atom stereocenters. The lowest BCUT2D eigenvalue weighted by Gasteiger charge is -2.34. The van der Waals surface area contributed by atoms with Crippen molar-refractivity contribution in [3.05, 3.63) is 59.2 Å². The minimum absolute atomic E-state index is 0.0397. The summed E-state index contributed by atoms with van der Waals surface area (Å²) in [7, 11) is 0. The van der Waals surface area contributed by atoms with Crippen LogP contribution in [0.25, 0.3) is 0 Å². The van der Waals surface area contributed by atoms with Gasteiger partial charge in [-0.25, -0.2) is 4.39 Å². The zero-order valence-corrected chi connectivity index (χ0v) is 13.1. The molecule has 2 aromatic rings. The number of rotatable bonds is 3. The van der Waals surface area contributed by atoms with Crippen LogP contribution in [0.3, 0.4) is 0 Å². The molecule has 0 spiro atoms. The number of carbonyl (C=O) groups is 1. The Hall–Kier alpha value is -2.65. The van der Waals surface area contributed by atoms with Gasteiger partial charge in [0.15, 0.2) is 0 Å². The second kappa shape index (κ2) is 6.85. The topological polar surface area (TPSA) is 80.1 Å². The van der Waals surface area contributed by atoms with Gasteiger partial charge in [-0.05, 0) is 42.5 Å². The van der Waals surface area contributed by atoms with Crippen LogP contribution in [0, 0.1) is 23.1 Å². The van der Waals surface area contributed by atoms with Crippen LogP contribution in [0.15, 0.2) is 36.5 Å². The average Bonchev–Trinajstić information content (AvgIpc) is 3.10. The maximum atomic E-state index is 13.0. The van der Waals surface area contributed by atoms with Crippen LogP contribution in [0.5, 0.6) is 0 Å². The number of aliphatic hydroxyl groups excluding tert-OH is 1. The molecular weight excluding hydrogens is 309 g/mol. The fourth-order valence-electron chi connectivity index (χ4n) is 3.10. The number of piperidine rings is 1. The van der Waals surface area contributed by atoms with Gasteiger partial charge in [0.2, 0.25) is 0 Å². The van der Waals surface area contributed by atoms with Gasteiger partial charge in [-0.3, -0.25) is 4.79 Å². The van der Waals surface area contributed by atoms with Gasteiger partial charge in [-0.1, -0.05) is 12.1 Å². The van der Waals surface area contributed by atoms with Crippen LogP contribution in [0.4, 0.5) is 4.39 Å². The van der Waals surface area contributed by atoms with Crippen LogP contribution in [0.1, 0.15) is 40.6 Å². The van der Waals surface area contributed by atoms with Crippen molar-refractivity contribution in [1.29, 1.82) is 5.26 Å². The van der Waals surface area contributed by atoms with E-state index in [-0.39, 0.29) is 17.6 Å². The van der Waals surface area contributed by atoms with Crippen molar-refractivity contribution in [2.75, 3.05) is 13.1 Å². The summed E-state index contributed by atoms with van der Waals surface area (Å²) in [4.78, 5) is 16.9. The standard InChI is InChI=1S/C18H18FN3O2/c19-15-3-1-13(2-4-15)17(23)14-5-7-22(8-6-14)18(24)16-9-12(10-20)11-21-16/h1-4,9,11,14,17,21,23H,5-8H2. The van der Waals surface area contributed by atoms with E-state index >= 15 is 0 Å². The van der Waals surface area contributed by atoms with E-state index in [1.54, 1.807) is 23.1 Å². The molecule has 1 amide bonds. The van der Waals surface area contributed by atoms with Crippen molar-refractivity contribution in [1.82, 2.24) is 9.88 Å². The molecule has 1 aliphatic heterocycles. The largest absolute Gasteiger partial charge is 0.388 e. The quantitative estimate of drug-likeness (QED) is 0.909. The first-order valence-electron chi connectivity index (χ1n) is 7.90. The number of aromatic amines is 1. The summed E-state index contributed by atoms with van der Waals surface area (Å²) in [5.41, 5.74) is 1.54.